The molecule has 1 aromatic heterocycles. The molecule has 0 unspecified atom stereocenters. The number of H-pyrrole nitrogens is 1. The molecular formula is C7H5N3O3S. The second kappa shape index (κ2) is 2.81. The van der Waals surface area contributed by atoms with Crippen LogP contribution in [0.3, 0.4) is 0 Å². The zero-order valence-electron chi connectivity index (χ0n) is 6.81. The van der Waals surface area contributed by atoms with E-state index in [1.54, 1.807) is 0 Å². The van der Waals surface area contributed by atoms with Crippen molar-refractivity contribution in [2.24, 2.45) is 0 Å². The van der Waals surface area contributed by atoms with Crippen molar-refractivity contribution in [2.75, 3.05) is 5.73 Å². The number of nitrogens with zero attached hydrogens (tertiary/aromatic N) is 1. The molecule has 0 atom stereocenters. The van der Waals surface area contributed by atoms with E-state index in [2.05, 4.69) is 4.37 Å². The molecule has 7 heteroatoms. The third-order valence-electron chi connectivity index (χ3n) is 1.81. The number of non-ortho nitro benzene ring substituents is 1. The number of anilines is 1. The van der Waals surface area contributed by atoms with Crippen LogP contribution in [0.1, 0.15) is 0 Å². The highest BCUT2D eigenvalue weighted by atomic mass is 32.1. The molecule has 0 saturated heterocycles. The van der Waals surface area contributed by atoms with E-state index >= 15 is 0 Å². The number of fused-ring (bicyclic) bond motifs is 1. The highest BCUT2D eigenvalue weighted by Crippen LogP contribution is 2.26. The predicted molar refractivity (Wildman–Crippen MR) is 53.5 cm³/mol. The van der Waals surface area contributed by atoms with Gasteiger partial charge in [0.25, 0.3) is 11.2 Å². The van der Waals surface area contributed by atoms with Gasteiger partial charge in [0.05, 0.1) is 20.7 Å². The number of benzene rings is 1. The lowest BCUT2D eigenvalue weighted by atomic mass is 10.2. The van der Waals surface area contributed by atoms with E-state index < -0.39 is 4.92 Å². The summed E-state index contributed by atoms with van der Waals surface area (Å²) in [6.45, 7) is 0. The first-order valence-corrected chi connectivity index (χ1v) is 4.46. The lowest BCUT2D eigenvalue weighted by molar-refractivity contribution is -0.384. The Morgan fingerprint density at radius 1 is 1.50 bits per heavy atom. The molecule has 0 saturated carbocycles. The van der Waals surface area contributed by atoms with Crippen LogP contribution in [0, 0.1) is 10.1 Å². The van der Waals surface area contributed by atoms with Crippen molar-refractivity contribution in [1.29, 1.82) is 0 Å². The molecule has 0 aliphatic carbocycles. The maximum absolute atomic E-state index is 11.2. The molecular weight excluding hydrogens is 206 g/mol. The number of hydrogen-bond donors (Lipinski definition) is 2. The summed E-state index contributed by atoms with van der Waals surface area (Å²) < 4.78 is 2.97. The van der Waals surface area contributed by atoms with Crippen LogP contribution in [0.25, 0.3) is 10.1 Å². The van der Waals surface area contributed by atoms with E-state index in [0.717, 1.165) is 11.5 Å². The van der Waals surface area contributed by atoms with E-state index in [1.165, 1.54) is 12.1 Å². The number of nitro benzene ring substituents is 1. The van der Waals surface area contributed by atoms with Gasteiger partial charge in [0.15, 0.2) is 0 Å². The SMILES string of the molecule is Nc1cc([N+](=O)[O-])cc2s[nH]c(=O)c12. The van der Waals surface area contributed by atoms with E-state index in [4.69, 9.17) is 5.73 Å². The van der Waals surface area contributed by atoms with Gasteiger partial charge in [-0.25, -0.2) is 0 Å². The fourth-order valence-corrected chi connectivity index (χ4v) is 2.00. The maximum atomic E-state index is 11.2. The van der Waals surface area contributed by atoms with Crippen molar-refractivity contribution in [2.45, 2.75) is 0 Å². The van der Waals surface area contributed by atoms with Crippen LogP contribution in [-0.2, 0) is 0 Å². The number of aromatic nitrogens is 1. The number of hydrogen-bond acceptors (Lipinski definition) is 5. The second-order valence-electron chi connectivity index (χ2n) is 2.70. The quantitative estimate of drug-likeness (QED) is 0.418. The molecule has 0 aliphatic rings. The van der Waals surface area contributed by atoms with Crippen LogP contribution in [-0.4, -0.2) is 9.30 Å². The highest BCUT2D eigenvalue weighted by molar-refractivity contribution is 7.13. The summed E-state index contributed by atoms with van der Waals surface area (Å²) in [7, 11) is 0. The van der Waals surface area contributed by atoms with Crippen molar-refractivity contribution >= 4 is 33.0 Å². The molecule has 3 N–H and O–H groups in total. The van der Waals surface area contributed by atoms with Crippen LogP contribution in [0.5, 0.6) is 0 Å². The fourth-order valence-electron chi connectivity index (χ4n) is 1.20. The third-order valence-corrected chi connectivity index (χ3v) is 2.64. The van der Waals surface area contributed by atoms with Crippen molar-refractivity contribution in [3.8, 4) is 0 Å². The Hall–Kier alpha value is -1.89. The first kappa shape index (κ1) is 8.70. The van der Waals surface area contributed by atoms with Gasteiger partial charge in [-0.2, -0.15) is 0 Å². The minimum absolute atomic E-state index is 0.106. The van der Waals surface area contributed by atoms with E-state index in [1.807, 2.05) is 0 Å². The van der Waals surface area contributed by atoms with E-state index in [0.29, 0.717) is 10.1 Å². The van der Waals surface area contributed by atoms with Crippen molar-refractivity contribution in [1.82, 2.24) is 4.37 Å². The zero-order chi connectivity index (χ0) is 10.3. The van der Waals surface area contributed by atoms with Crippen molar-refractivity contribution < 1.29 is 4.92 Å². The minimum Gasteiger partial charge on any atom is -0.398 e. The van der Waals surface area contributed by atoms with Gasteiger partial charge in [0, 0.05) is 12.1 Å². The number of rotatable bonds is 1. The molecule has 72 valence electrons. The van der Waals surface area contributed by atoms with Crippen LogP contribution in [0.4, 0.5) is 11.4 Å². The Balaban J connectivity index is 2.87. The molecule has 14 heavy (non-hydrogen) atoms. The topological polar surface area (TPSA) is 102 Å². The number of nitrogen functional groups attached to an aromatic ring is 1. The van der Waals surface area contributed by atoms with Crippen LogP contribution in [0.2, 0.25) is 0 Å². The van der Waals surface area contributed by atoms with Crippen LogP contribution < -0.4 is 11.3 Å². The largest absolute Gasteiger partial charge is 0.398 e. The lowest BCUT2D eigenvalue weighted by Gasteiger charge is -1.94. The predicted octanol–water partition coefficient (Wildman–Crippen LogP) is 1.08. The first-order chi connectivity index (χ1) is 6.59. The van der Waals surface area contributed by atoms with E-state index in [9.17, 15) is 14.9 Å². The average molecular weight is 211 g/mol. The van der Waals surface area contributed by atoms with Crippen molar-refractivity contribution in [3.05, 3.63) is 32.6 Å². The molecule has 6 nitrogen and oxygen atoms in total. The van der Waals surface area contributed by atoms with Gasteiger partial charge in [-0.3, -0.25) is 19.3 Å². The normalized spacial score (nSPS) is 10.6. The minimum atomic E-state index is -0.542. The third kappa shape index (κ3) is 1.14. The van der Waals surface area contributed by atoms with Gasteiger partial charge in [0.2, 0.25) is 0 Å². The molecule has 0 bridgehead atoms. The number of nitrogens with two attached hydrogens (primary N) is 1. The van der Waals surface area contributed by atoms with Crippen molar-refractivity contribution in [3.63, 3.8) is 0 Å². The summed E-state index contributed by atoms with van der Waals surface area (Å²) in [6, 6.07) is 2.51. The monoisotopic (exact) mass is 211 g/mol. The zero-order valence-corrected chi connectivity index (χ0v) is 7.63. The van der Waals surface area contributed by atoms with Crippen LogP contribution in [0.15, 0.2) is 16.9 Å². The average Bonchev–Trinajstić information content (AvgIpc) is 2.48. The van der Waals surface area contributed by atoms with Gasteiger partial charge in [0.1, 0.15) is 0 Å². The number of nitro groups is 1. The summed E-state index contributed by atoms with van der Waals surface area (Å²) in [4.78, 5) is 21.1. The Morgan fingerprint density at radius 2 is 2.21 bits per heavy atom. The maximum Gasteiger partial charge on any atom is 0.273 e. The molecule has 1 heterocycles. The van der Waals surface area contributed by atoms with Gasteiger partial charge in [-0.1, -0.05) is 11.5 Å². The molecule has 1 aromatic carbocycles. The fraction of sp³-hybridized carbons (Fsp3) is 0. The molecule has 2 rings (SSSR count). The molecule has 2 aromatic rings. The Morgan fingerprint density at radius 3 is 2.86 bits per heavy atom. The van der Waals surface area contributed by atoms with E-state index in [-0.39, 0.29) is 16.9 Å². The Labute approximate surface area is 81.3 Å². The number of nitrogens with one attached hydrogen (secondary N) is 1. The standard InChI is InChI=1S/C7H5N3O3S/c8-4-1-3(10(12)13)2-5-6(4)7(11)9-14-5/h1-2H,8H2,(H,9,11). The summed E-state index contributed by atoms with van der Waals surface area (Å²) in [5, 5.41) is 10.8. The van der Waals surface area contributed by atoms with Gasteiger partial charge in [-0.15, -0.1) is 0 Å². The number of aromatic amines is 1. The van der Waals surface area contributed by atoms with Gasteiger partial charge in [-0.05, 0) is 0 Å². The summed E-state index contributed by atoms with van der Waals surface area (Å²) in [5.41, 5.74) is 5.24. The summed E-state index contributed by atoms with van der Waals surface area (Å²) in [5.74, 6) is 0. The Bertz CT molecular complexity index is 571. The van der Waals surface area contributed by atoms with Gasteiger partial charge >= 0.3 is 0 Å². The molecule has 0 amide bonds. The van der Waals surface area contributed by atoms with Crippen LogP contribution >= 0.6 is 11.5 Å². The Kier molecular flexibility index (Phi) is 1.74. The lowest BCUT2D eigenvalue weighted by Crippen LogP contribution is -2.01. The highest BCUT2D eigenvalue weighted by Gasteiger charge is 2.13. The molecule has 0 aliphatic heterocycles. The first-order valence-electron chi connectivity index (χ1n) is 3.64. The molecule has 0 fully saturated rings. The summed E-state index contributed by atoms with van der Waals surface area (Å²) in [6.07, 6.45) is 0. The molecule has 0 radical (unpaired) electrons. The molecule has 0 spiro atoms. The van der Waals surface area contributed by atoms with Gasteiger partial charge < -0.3 is 5.73 Å². The summed E-state index contributed by atoms with van der Waals surface area (Å²) >= 11 is 1.04. The second-order valence-corrected chi connectivity index (χ2v) is 3.55. The smallest absolute Gasteiger partial charge is 0.273 e.